The molecule has 0 radical (unpaired) electrons. The van der Waals surface area contributed by atoms with E-state index in [1.54, 1.807) is 25.6 Å². The van der Waals surface area contributed by atoms with Crippen LogP contribution in [0.4, 0.5) is 0 Å². The largest absolute Gasteiger partial charge is 0.355 e. The van der Waals surface area contributed by atoms with Gasteiger partial charge in [-0.05, 0) is 32.3 Å². The normalized spacial score (nSPS) is 13.4. The van der Waals surface area contributed by atoms with Gasteiger partial charge in [0, 0.05) is 6.54 Å². The van der Waals surface area contributed by atoms with Crippen molar-refractivity contribution in [1.29, 1.82) is 0 Å². The maximum absolute atomic E-state index is 11.6. The molecule has 0 aromatic rings. The highest BCUT2D eigenvalue weighted by Crippen LogP contribution is 2.02. The van der Waals surface area contributed by atoms with Crippen LogP contribution in [0.15, 0.2) is 0 Å². The molecule has 0 fully saturated rings. The van der Waals surface area contributed by atoms with Crippen molar-refractivity contribution < 1.29 is 13.2 Å². The predicted octanol–water partition coefficient (Wildman–Crippen LogP) is 0.184. The molecule has 1 unspecified atom stereocenters. The number of carbonyl (C=O) groups excluding carboxylic acids is 1. The molecule has 0 aliphatic rings. The molecule has 16 heavy (non-hydrogen) atoms. The van der Waals surface area contributed by atoms with Crippen molar-refractivity contribution in [2.45, 2.75) is 26.3 Å². The summed E-state index contributed by atoms with van der Waals surface area (Å²) in [7, 11) is -3.33. The Bertz CT molecular complexity index is 304. The molecule has 0 aromatic heterocycles. The Morgan fingerprint density at radius 1 is 1.38 bits per heavy atom. The minimum atomic E-state index is -3.33. The number of rotatable bonds is 8. The van der Waals surface area contributed by atoms with Crippen molar-refractivity contribution in [3.8, 4) is 0 Å². The Labute approximate surface area is 102 Å². The lowest BCUT2D eigenvalue weighted by molar-refractivity contribution is -0.122. The number of likely N-dealkylation sites (N-methyl/N-ethyl adjacent to an activating group) is 1. The lowest BCUT2D eigenvalue weighted by Gasteiger charge is -2.16. The van der Waals surface area contributed by atoms with Crippen LogP contribution in [-0.4, -0.2) is 44.7 Å². The summed E-state index contributed by atoms with van der Waals surface area (Å²) in [6.07, 6.45) is 2.43. The van der Waals surface area contributed by atoms with Gasteiger partial charge in [0.15, 0.2) is 0 Å². The number of carbonyl (C=O) groups is 1. The summed E-state index contributed by atoms with van der Waals surface area (Å²) < 4.78 is 25.2. The van der Waals surface area contributed by atoms with Gasteiger partial charge in [-0.1, -0.05) is 0 Å². The lowest BCUT2D eigenvalue weighted by Crippen LogP contribution is -2.47. The standard InChI is InChI=1S/C9H20N2O3S2/c1-4-10-9(12)8(6-7-15-3)11-16(13,14)5-2/h8,11H,4-7H2,1-3H3,(H,10,12). The minimum absolute atomic E-state index is 0.0117. The maximum atomic E-state index is 11.6. The summed E-state index contributed by atoms with van der Waals surface area (Å²) in [6.45, 7) is 3.85. The highest BCUT2D eigenvalue weighted by Gasteiger charge is 2.22. The molecule has 0 aliphatic heterocycles. The van der Waals surface area contributed by atoms with Crippen LogP contribution in [-0.2, 0) is 14.8 Å². The number of thioether (sulfide) groups is 1. The van der Waals surface area contributed by atoms with Gasteiger partial charge in [-0.2, -0.15) is 11.8 Å². The van der Waals surface area contributed by atoms with E-state index in [1.165, 1.54) is 0 Å². The quantitative estimate of drug-likeness (QED) is 0.659. The van der Waals surface area contributed by atoms with Crippen LogP contribution in [0, 0.1) is 0 Å². The number of sulfonamides is 1. The predicted molar refractivity (Wildman–Crippen MR) is 68.1 cm³/mol. The Morgan fingerprint density at radius 2 is 2.00 bits per heavy atom. The van der Waals surface area contributed by atoms with Gasteiger partial charge in [-0.15, -0.1) is 0 Å². The second-order valence-electron chi connectivity index (χ2n) is 3.25. The average Bonchev–Trinajstić information content (AvgIpc) is 2.24. The van der Waals surface area contributed by atoms with E-state index >= 15 is 0 Å². The van der Waals surface area contributed by atoms with Gasteiger partial charge in [-0.25, -0.2) is 13.1 Å². The van der Waals surface area contributed by atoms with Crippen LogP contribution in [0.1, 0.15) is 20.3 Å². The zero-order valence-electron chi connectivity index (χ0n) is 9.95. The molecular formula is C9H20N2O3S2. The molecule has 0 heterocycles. The van der Waals surface area contributed by atoms with Crippen molar-refractivity contribution in [3.05, 3.63) is 0 Å². The van der Waals surface area contributed by atoms with Gasteiger partial charge in [0.05, 0.1) is 5.75 Å². The van der Waals surface area contributed by atoms with Gasteiger partial charge < -0.3 is 5.32 Å². The maximum Gasteiger partial charge on any atom is 0.238 e. The van der Waals surface area contributed by atoms with E-state index in [-0.39, 0.29) is 11.7 Å². The van der Waals surface area contributed by atoms with Crippen LogP contribution in [0.25, 0.3) is 0 Å². The van der Waals surface area contributed by atoms with Crippen LogP contribution >= 0.6 is 11.8 Å². The second kappa shape index (κ2) is 7.92. The number of hydrogen-bond donors (Lipinski definition) is 2. The summed E-state index contributed by atoms with van der Waals surface area (Å²) >= 11 is 1.58. The van der Waals surface area contributed by atoms with Crippen molar-refractivity contribution in [2.75, 3.05) is 24.3 Å². The highest BCUT2D eigenvalue weighted by atomic mass is 32.2. The fourth-order valence-corrected chi connectivity index (χ4v) is 2.37. The summed E-state index contributed by atoms with van der Waals surface area (Å²) in [5.41, 5.74) is 0. The molecule has 1 atom stereocenters. The zero-order chi connectivity index (χ0) is 12.6. The van der Waals surface area contributed by atoms with Crippen molar-refractivity contribution in [2.24, 2.45) is 0 Å². The van der Waals surface area contributed by atoms with E-state index in [2.05, 4.69) is 10.0 Å². The molecule has 2 N–H and O–H groups in total. The summed E-state index contributed by atoms with van der Waals surface area (Å²) in [5, 5.41) is 2.63. The zero-order valence-corrected chi connectivity index (χ0v) is 11.6. The topological polar surface area (TPSA) is 75.3 Å². The Hall–Kier alpha value is -0.270. The van der Waals surface area contributed by atoms with E-state index in [9.17, 15) is 13.2 Å². The highest BCUT2D eigenvalue weighted by molar-refractivity contribution is 7.98. The van der Waals surface area contributed by atoms with Gasteiger partial charge in [0.2, 0.25) is 15.9 Å². The summed E-state index contributed by atoms with van der Waals surface area (Å²) in [5.74, 6) is 0.476. The third kappa shape index (κ3) is 6.34. The molecule has 0 aliphatic carbocycles. The molecule has 1 amide bonds. The number of hydrogen-bond acceptors (Lipinski definition) is 4. The fraction of sp³-hybridized carbons (Fsp3) is 0.889. The molecule has 96 valence electrons. The summed E-state index contributed by atoms with van der Waals surface area (Å²) in [6, 6.07) is -0.655. The van der Waals surface area contributed by atoms with Gasteiger partial charge in [-0.3, -0.25) is 4.79 Å². The molecule has 7 heteroatoms. The first-order valence-corrected chi connectivity index (χ1v) is 8.28. The van der Waals surface area contributed by atoms with Crippen LogP contribution in [0.2, 0.25) is 0 Å². The van der Waals surface area contributed by atoms with Gasteiger partial charge in [0.25, 0.3) is 0 Å². The van der Waals surface area contributed by atoms with Gasteiger partial charge >= 0.3 is 0 Å². The van der Waals surface area contributed by atoms with Crippen molar-refractivity contribution >= 4 is 27.7 Å². The third-order valence-electron chi connectivity index (χ3n) is 1.98. The Morgan fingerprint density at radius 3 is 2.44 bits per heavy atom. The van der Waals surface area contributed by atoms with E-state index < -0.39 is 16.1 Å². The lowest BCUT2D eigenvalue weighted by atomic mass is 10.2. The van der Waals surface area contributed by atoms with E-state index in [0.717, 1.165) is 5.75 Å². The summed E-state index contributed by atoms with van der Waals surface area (Å²) in [4.78, 5) is 11.6. The number of amides is 1. The smallest absolute Gasteiger partial charge is 0.238 e. The molecule has 5 nitrogen and oxygen atoms in total. The van der Waals surface area contributed by atoms with Crippen LogP contribution < -0.4 is 10.0 Å². The first-order chi connectivity index (χ1) is 7.46. The SMILES string of the molecule is CCNC(=O)C(CCSC)NS(=O)(=O)CC. The van der Waals surface area contributed by atoms with Crippen molar-refractivity contribution in [3.63, 3.8) is 0 Å². The average molecular weight is 268 g/mol. The minimum Gasteiger partial charge on any atom is -0.355 e. The molecule has 0 rings (SSSR count). The van der Waals surface area contributed by atoms with Crippen LogP contribution in [0.3, 0.4) is 0 Å². The third-order valence-corrected chi connectivity index (χ3v) is 4.03. The Balaban J connectivity index is 4.48. The molecular weight excluding hydrogens is 248 g/mol. The van der Waals surface area contributed by atoms with E-state index in [0.29, 0.717) is 13.0 Å². The Kier molecular flexibility index (Phi) is 7.78. The van der Waals surface area contributed by atoms with E-state index in [4.69, 9.17) is 0 Å². The second-order valence-corrected chi connectivity index (χ2v) is 6.28. The van der Waals surface area contributed by atoms with E-state index in [1.807, 2.05) is 6.26 Å². The van der Waals surface area contributed by atoms with Crippen molar-refractivity contribution in [1.82, 2.24) is 10.0 Å². The fourth-order valence-electron chi connectivity index (χ4n) is 1.08. The monoisotopic (exact) mass is 268 g/mol. The molecule has 0 aromatic carbocycles. The molecule has 0 spiro atoms. The molecule has 0 saturated heterocycles. The molecule has 0 bridgehead atoms. The first-order valence-electron chi connectivity index (χ1n) is 5.23. The first kappa shape index (κ1) is 15.7. The van der Waals surface area contributed by atoms with Gasteiger partial charge in [0.1, 0.15) is 6.04 Å². The van der Waals surface area contributed by atoms with Crippen LogP contribution in [0.5, 0.6) is 0 Å². The molecule has 0 saturated carbocycles. The number of nitrogens with one attached hydrogen (secondary N) is 2.